The van der Waals surface area contributed by atoms with Gasteiger partial charge in [0.15, 0.2) is 0 Å². The summed E-state index contributed by atoms with van der Waals surface area (Å²) in [6.07, 6.45) is 5.92. The van der Waals surface area contributed by atoms with E-state index in [1.165, 1.54) is 0 Å². The van der Waals surface area contributed by atoms with Gasteiger partial charge >= 0.3 is 0 Å². The molecule has 0 aliphatic carbocycles. The number of nitrogens with one attached hydrogen (secondary N) is 1. The van der Waals surface area contributed by atoms with E-state index in [1.807, 2.05) is 12.3 Å². The number of aromatic nitrogens is 2. The smallest absolute Gasteiger partial charge is 0.224 e. The quantitative estimate of drug-likeness (QED) is 0.885. The van der Waals surface area contributed by atoms with Crippen molar-refractivity contribution < 1.29 is 4.74 Å². The van der Waals surface area contributed by atoms with Crippen LogP contribution in [-0.4, -0.2) is 48.1 Å². The lowest BCUT2D eigenvalue weighted by Gasteiger charge is -2.27. The summed E-state index contributed by atoms with van der Waals surface area (Å²) in [5.74, 6) is 2.61. The summed E-state index contributed by atoms with van der Waals surface area (Å²) in [5, 5.41) is 3.42. The molecule has 3 aliphatic rings. The zero-order valence-electron chi connectivity index (χ0n) is 11.5. The summed E-state index contributed by atoms with van der Waals surface area (Å²) in [6.45, 7) is 3.30. The Kier molecular flexibility index (Phi) is 3.39. The monoisotopic (exact) mass is 349 g/mol. The fourth-order valence-corrected chi connectivity index (χ4v) is 3.44. The molecule has 0 unspecified atom stereocenters. The second-order valence-corrected chi connectivity index (χ2v) is 6.21. The number of ether oxygens (including phenoxy) is 1. The zero-order valence-corrected chi connectivity index (χ0v) is 13.1. The SMILES string of the molecule is BrC1=Cc2cnc(NC3CCOCC3)nc2N2CCN=C12. The molecular formula is C14H16BrN5O. The van der Waals surface area contributed by atoms with Crippen molar-refractivity contribution in [2.75, 3.05) is 36.5 Å². The van der Waals surface area contributed by atoms with E-state index in [1.54, 1.807) is 0 Å². The third-order valence-electron chi connectivity index (χ3n) is 3.94. The predicted molar refractivity (Wildman–Crippen MR) is 86.0 cm³/mol. The second-order valence-electron chi connectivity index (χ2n) is 5.35. The maximum Gasteiger partial charge on any atom is 0.224 e. The molecule has 1 aromatic heterocycles. The van der Waals surface area contributed by atoms with Crippen LogP contribution in [0.15, 0.2) is 15.7 Å². The first-order valence-electron chi connectivity index (χ1n) is 7.22. The fourth-order valence-electron chi connectivity index (χ4n) is 2.85. The van der Waals surface area contributed by atoms with E-state index in [0.29, 0.717) is 12.0 Å². The summed E-state index contributed by atoms with van der Waals surface area (Å²) in [4.78, 5) is 15.8. The Labute approximate surface area is 131 Å². The molecule has 7 heteroatoms. The van der Waals surface area contributed by atoms with Gasteiger partial charge in [-0.3, -0.25) is 4.99 Å². The minimum absolute atomic E-state index is 0.398. The van der Waals surface area contributed by atoms with Crippen LogP contribution in [0, 0.1) is 0 Å². The van der Waals surface area contributed by atoms with Crippen LogP contribution >= 0.6 is 15.9 Å². The van der Waals surface area contributed by atoms with E-state index in [4.69, 9.17) is 9.72 Å². The molecule has 0 bridgehead atoms. The fraction of sp³-hybridized carbons (Fsp3) is 0.500. The van der Waals surface area contributed by atoms with E-state index in [2.05, 4.69) is 36.1 Å². The van der Waals surface area contributed by atoms with Gasteiger partial charge in [-0.25, -0.2) is 4.98 Å². The molecule has 0 atom stereocenters. The number of amidine groups is 1. The van der Waals surface area contributed by atoms with Crippen LogP contribution in [0.3, 0.4) is 0 Å². The molecule has 21 heavy (non-hydrogen) atoms. The van der Waals surface area contributed by atoms with Crippen LogP contribution in [0.4, 0.5) is 11.8 Å². The van der Waals surface area contributed by atoms with E-state index < -0.39 is 0 Å². The highest BCUT2D eigenvalue weighted by molar-refractivity contribution is 9.12. The van der Waals surface area contributed by atoms with Gasteiger partial charge < -0.3 is 15.0 Å². The first-order valence-corrected chi connectivity index (χ1v) is 8.01. The van der Waals surface area contributed by atoms with E-state index in [-0.39, 0.29) is 0 Å². The number of hydrogen-bond donors (Lipinski definition) is 1. The van der Waals surface area contributed by atoms with E-state index in [0.717, 1.165) is 60.8 Å². The van der Waals surface area contributed by atoms with Crippen molar-refractivity contribution in [1.82, 2.24) is 9.97 Å². The molecule has 1 saturated heterocycles. The van der Waals surface area contributed by atoms with Crippen molar-refractivity contribution in [2.45, 2.75) is 18.9 Å². The molecular weight excluding hydrogens is 334 g/mol. The maximum atomic E-state index is 5.38. The highest BCUT2D eigenvalue weighted by Gasteiger charge is 2.28. The van der Waals surface area contributed by atoms with Crippen LogP contribution < -0.4 is 10.2 Å². The van der Waals surface area contributed by atoms with Crippen molar-refractivity contribution >= 4 is 39.6 Å². The zero-order chi connectivity index (χ0) is 14.2. The topological polar surface area (TPSA) is 62.6 Å². The summed E-state index contributed by atoms with van der Waals surface area (Å²) < 4.78 is 6.38. The van der Waals surface area contributed by atoms with Crippen molar-refractivity contribution in [2.24, 2.45) is 4.99 Å². The van der Waals surface area contributed by atoms with Crippen molar-refractivity contribution in [3.63, 3.8) is 0 Å². The molecule has 0 saturated carbocycles. The van der Waals surface area contributed by atoms with Crippen LogP contribution in [0.25, 0.3) is 6.08 Å². The Bertz CT molecular complexity index is 624. The standard InChI is InChI=1S/C14H16BrN5O/c15-11-7-9-8-17-14(18-10-1-5-21-6-2-10)19-12(9)20-4-3-16-13(11)20/h7-8,10H,1-6H2,(H,17,18,19). The van der Waals surface area contributed by atoms with Gasteiger partial charge in [-0.05, 0) is 34.8 Å². The molecule has 1 N–H and O–H groups in total. The van der Waals surface area contributed by atoms with Crippen LogP contribution in [0.2, 0.25) is 0 Å². The molecule has 4 heterocycles. The van der Waals surface area contributed by atoms with E-state index in [9.17, 15) is 0 Å². The molecule has 1 aromatic rings. The van der Waals surface area contributed by atoms with Crippen LogP contribution in [-0.2, 0) is 4.74 Å². The highest BCUT2D eigenvalue weighted by Crippen LogP contribution is 2.33. The Morgan fingerprint density at radius 2 is 2.19 bits per heavy atom. The summed E-state index contributed by atoms with van der Waals surface area (Å²) in [7, 11) is 0. The second kappa shape index (κ2) is 5.38. The van der Waals surface area contributed by atoms with Gasteiger partial charge in [0.1, 0.15) is 11.7 Å². The van der Waals surface area contributed by atoms with Gasteiger partial charge in [-0.2, -0.15) is 4.98 Å². The number of anilines is 2. The molecule has 3 aliphatic heterocycles. The normalized spacial score (nSPS) is 21.5. The molecule has 0 amide bonds. The minimum Gasteiger partial charge on any atom is -0.381 e. The molecule has 1 fully saturated rings. The van der Waals surface area contributed by atoms with Crippen molar-refractivity contribution in [3.05, 3.63) is 16.2 Å². The van der Waals surface area contributed by atoms with Gasteiger partial charge in [0, 0.05) is 37.6 Å². The Hall–Kier alpha value is -1.47. The van der Waals surface area contributed by atoms with Gasteiger partial charge in [-0.1, -0.05) is 0 Å². The maximum absolute atomic E-state index is 5.38. The van der Waals surface area contributed by atoms with Crippen LogP contribution in [0.5, 0.6) is 0 Å². The van der Waals surface area contributed by atoms with Gasteiger partial charge in [-0.15, -0.1) is 0 Å². The lowest BCUT2D eigenvalue weighted by Crippen LogP contribution is -2.32. The molecule has 6 nitrogen and oxygen atoms in total. The first-order chi connectivity index (χ1) is 10.3. The Morgan fingerprint density at radius 1 is 1.33 bits per heavy atom. The number of nitrogens with zero attached hydrogens (tertiary/aromatic N) is 4. The number of aliphatic imine (C=N–C) groups is 1. The molecule has 0 radical (unpaired) electrons. The molecule has 4 rings (SSSR count). The van der Waals surface area contributed by atoms with Gasteiger partial charge in [0.05, 0.1) is 11.0 Å². The molecule has 0 spiro atoms. The van der Waals surface area contributed by atoms with Crippen LogP contribution in [0.1, 0.15) is 18.4 Å². The highest BCUT2D eigenvalue weighted by atomic mass is 79.9. The average Bonchev–Trinajstić information content (AvgIpc) is 3.00. The summed E-state index contributed by atoms with van der Waals surface area (Å²) in [6, 6.07) is 0.398. The lowest BCUT2D eigenvalue weighted by atomic mass is 10.1. The number of hydrogen-bond acceptors (Lipinski definition) is 6. The largest absolute Gasteiger partial charge is 0.381 e. The number of rotatable bonds is 2. The lowest BCUT2D eigenvalue weighted by molar-refractivity contribution is 0.0903. The molecule has 0 aromatic carbocycles. The number of halogens is 1. The minimum atomic E-state index is 0.398. The molecule has 110 valence electrons. The first kappa shape index (κ1) is 13.2. The van der Waals surface area contributed by atoms with Gasteiger partial charge in [0.25, 0.3) is 0 Å². The third-order valence-corrected chi connectivity index (χ3v) is 4.53. The van der Waals surface area contributed by atoms with E-state index >= 15 is 0 Å². The van der Waals surface area contributed by atoms with Crippen molar-refractivity contribution in [3.8, 4) is 0 Å². The number of fused-ring (bicyclic) bond motifs is 3. The van der Waals surface area contributed by atoms with Gasteiger partial charge in [0.2, 0.25) is 5.95 Å². The summed E-state index contributed by atoms with van der Waals surface area (Å²) in [5.41, 5.74) is 1.03. The predicted octanol–water partition coefficient (Wildman–Crippen LogP) is 2.04. The summed E-state index contributed by atoms with van der Waals surface area (Å²) >= 11 is 3.57. The Balaban J connectivity index is 1.62. The third kappa shape index (κ3) is 2.44. The Morgan fingerprint density at radius 3 is 3.05 bits per heavy atom. The average molecular weight is 350 g/mol. The van der Waals surface area contributed by atoms with Crippen molar-refractivity contribution in [1.29, 1.82) is 0 Å².